The third-order valence-corrected chi connectivity index (χ3v) is 13.5. The lowest BCUT2D eigenvalue weighted by Crippen LogP contribution is -2.48. The summed E-state index contributed by atoms with van der Waals surface area (Å²) in [5, 5.41) is 5.07. The Labute approximate surface area is 345 Å². The Balaban J connectivity index is 0.971. The van der Waals surface area contributed by atoms with Crippen LogP contribution in [0.4, 0.5) is 11.4 Å². The highest BCUT2D eigenvalue weighted by molar-refractivity contribution is 7.90. The average Bonchev–Trinajstić information content (AvgIpc) is 3.70. The van der Waals surface area contributed by atoms with Crippen LogP contribution in [0.25, 0.3) is 11.0 Å². The van der Waals surface area contributed by atoms with E-state index in [2.05, 4.69) is 54.9 Å². The van der Waals surface area contributed by atoms with Gasteiger partial charge < -0.3 is 24.7 Å². The van der Waals surface area contributed by atoms with Crippen LogP contribution in [0, 0.1) is 18.8 Å². The first-order chi connectivity index (χ1) is 28.1. The van der Waals surface area contributed by atoms with Crippen molar-refractivity contribution in [2.45, 2.75) is 50.3 Å². The molecule has 4 heterocycles. The first kappa shape index (κ1) is 39.9. The standard InChI is InChI=1S/C45H51ClN6O5S/c1-30-3-4-35(41(23-30)33-5-7-36(46)8-6-33)29-51-17-19-52(20-18-51)37-9-11-40(43(26-37)57-38-25-34-13-16-47-44(34)49-28-38)45(53)50-58(54,55)39-10-12-42(31(2)24-39)48-27-32-14-21-56-22-15-32/h3,5-13,16,24-26,28,32,35,41,48H,4,14-15,17-23,27,29H2,1-2H3,(H,47,49)(H,50,53)/t35-,41-/m0/s1. The van der Waals surface area contributed by atoms with Gasteiger partial charge in [-0.3, -0.25) is 9.69 Å². The number of amides is 1. The van der Waals surface area contributed by atoms with Gasteiger partial charge in [-0.2, -0.15) is 0 Å². The number of fused-ring (bicyclic) bond motifs is 1. The van der Waals surface area contributed by atoms with Gasteiger partial charge in [0.15, 0.2) is 0 Å². The fourth-order valence-electron chi connectivity index (χ4n) is 8.46. The highest BCUT2D eigenvalue weighted by Crippen LogP contribution is 2.39. The van der Waals surface area contributed by atoms with Crippen LogP contribution in [0.3, 0.4) is 0 Å². The number of piperazine rings is 1. The summed E-state index contributed by atoms with van der Waals surface area (Å²) in [7, 11) is -4.21. The zero-order chi connectivity index (χ0) is 40.2. The number of rotatable bonds is 12. The molecule has 0 saturated carbocycles. The molecule has 2 atom stereocenters. The molecule has 11 nitrogen and oxygen atoms in total. The Morgan fingerprint density at radius 2 is 1.78 bits per heavy atom. The Hall–Kier alpha value is -4.88. The molecule has 304 valence electrons. The van der Waals surface area contributed by atoms with Crippen molar-refractivity contribution < 1.29 is 22.7 Å². The highest BCUT2D eigenvalue weighted by atomic mass is 35.5. The number of hydrogen-bond donors (Lipinski definition) is 3. The minimum absolute atomic E-state index is 0.00732. The van der Waals surface area contributed by atoms with Gasteiger partial charge in [-0.05, 0) is 123 Å². The largest absolute Gasteiger partial charge is 0.455 e. The van der Waals surface area contributed by atoms with Gasteiger partial charge in [-0.1, -0.05) is 35.4 Å². The first-order valence-electron chi connectivity index (χ1n) is 20.2. The van der Waals surface area contributed by atoms with Gasteiger partial charge in [-0.25, -0.2) is 18.1 Å². The van der Waals surface area contributed by atoms with Gasteiger partial charge in [0, 0.05) is 86.5 Å². The Bertz CT molecular complexity index is 2390. The Kier molecular flexibility index (Phi) is 12.1. The van der Waals surface area contributed by atoms with Crippen LogP contribution in [0.15, 0.2) is 102 Å². The van der Waals surface area contributed by atoms with E-state index >= 15 is 0 Å². The number of aromatic nitrogens is 2. The molecule has 0 spiro atoms. The second kappa shape index (κ2) is 17.5. The van der Waals surface area contributed by atoms with Crippen molar-refractivity contribution in [1.29, 1.82) is 0 Å². The normalized spacial score (nSPS) is 19.5. The predicted molar refractivity (Wildman–Crippen MR) is 230 cm³/mol. The molecule has 0 radical (unpaired) electrons. The smallest absolute Gasteiger partial charge is 0.268 e. The van der Waals surface area contributed by atoms with Crippen LogP contribution in [-0.2, 0) is 14.8 Å². The number of hydrogen-bond acceptors (Lipinski definition) is 9. The van der Waals surface area contributed by atoms with Crippen molar-refractivity contribution in [2.24, 2.45) is 11.8 Å². The summed E-state index contributed by atoms with van der Waals surface area (Å²) in [4.78, 5) is 26.3. The first-order valence-corrected chi connectivity index (χ1v) is 22.1. The second-order valence-corrected chi connectivity index (χ2v) is 18.0. The monoisotopic (exact) mass is 822 g/mol. The quantitative estimate of drug-likeness (QED) is 0.106. The number of sulfonamides is 1. The lowest BCUT2D eigenvalue weighted by Gasteiger charge is -2.40. The van der Waals surface area contributed by atoms with Crippen LogP contribution in [-0.4, -0.2) is 81.7 Å². The summed E-state index contributed by atoms with van der Waals surface area (Å²) in [6.07, 6.45) is 9.89. The molecular formula is C45H51ClN6O5S. The molecule has 2 aromatic heterocycles. The zero-order valence-corrected chi connectivity index (χ0v) is 34.6. The number of anilines is 2. The molecular weight excluding hydrogens is 772 g/mol. The van der Waals surface area contributed by atoms with E-state index in [9.17, 15) is 13.2 Å². The number of nitrogens with one attached hydrogen (secondary N) is 3. The average molecular weight is 823 g/mol. The number of carbonyl (C=O) groups is 1. The van der Waals surface area contributed by atoms with Crippen molar-refractivity contribution in [3.63, 3.8) is 0 Å². The zero-order valence-electron chi connectivity index (χ0n) is 33.0. The van der Waals surface area contributed by atoms with Crippen molar-refractivity contribution >= 4 is 49.9 Å². The maximum atomic E-state index is 13.9. The molecule has 1 aliphatic carbocycles. The van der Waals surface area contributed by atoms with Crippen LogP contribution in [0.5, 0.6) is 11.5 Å². The predicted octanol–water partition coefficient (Wildman–Crippen LogP) is 8.54. The fraction of sp³-hybridized carbons (Fsp3) is 0.378. The molecule has 8 rings (SSSR count). The van der Waals surface area contributed by atoms with Gasteiger partial charge in [0.25, 0.3) is 15.9 Å². The lowest BCUT2D eigenvalue weighted by molar-refractivity contribution is 0.0699. The van der Waals surface area contributed by atoms with Gasteiger partial charge >= 0.3 is 0 Å². The van der Waals surface area contributed by atoms with E-state index in [1.165, 1.54) is 17.2 Å². The number of allylic oxidation sites excluding steroid dienone is 2. The maximum absolute atomic E-state index is 13.9. The number of benzene rings is 3. The van der Waals surface area contributed by atoms with Crippen LogP contribution >= 0.6 is 11.6 Å². The van der Waals surface area contributed by atoms with Crippen molar-refractivity contribution in [3.05, 3.63) is 119 Å². The SMILES string of the molecule is CC1=CC[C@@H](CN2CCN(c3ccc(C(=O)NS(=O)(=O)c4ccc(NCC5CCOCC5)c(C)c4)c(Oc4cnc5[nH]ccc5c4)c3)CC2)[C@H](c2ccc(Cl)cc2)C1. The van der Waals surface area contributed by atoms with Crippen LogP contribution in [0.2, 0.25) is 5.02 Å². The molecule has 2 aliphatic heterocycles. The molecule has 5 aromatic rings. The fourth-order valence-corrected chi connectivity index (χ4v) is 9.64. The van der Waals surface area contributed by atoms with E-state index in [1.54, 1.807) is 30.6 Å². The van der Waals surface area contributed by atoms with Gasteiger partial charge in [0.2, 0.25) is 0 Å². The van der Waals surface area contributed by atoms with E-state index in [-0.39, 0.29) is 16.2 Å². The molecule has 3 N–H and O–H groups in total. The number of pyridine rings is 1. The van der Waals surface area contributed by atoms with Crippen LogP contribution in [0.1, 0.15) is 60.0 Å². The van der Waals surface area contributed by atoms with E-state index in [0.717, 1.165) is 106 Å². The van der Waals surface area contributed by atoms with Crippen molar-refractivity contribution in [1.82, 2.24) is 19.6 Å². The summed E-state index contributed by atoms with van der Waals surface area (Å²) >= 11 is 6.23. The van der Waals surface area contributed by atoms with Crippen LogP contribution < -0.4 is 19.7 Å². The van der Waals surface area contributed by atoms with Gasteiger partial charge in [0.1, 0.15) is 17.1 Å². The molecule has 1 amide bonds. The maximum Gasteiger partial charge on any atom is 0.268 e. The third kappa shape index (κ3) is 9.36. The van der Waals surface area contributed by atoms with Crippen molar-refractivity contribution in [3.8, 4) is 11.5 Å². The summed E-state index contributed by atoms with van der Waals surface area (Å²) in [6.45, 7) is 10.8. The summed E-state index contributed by atoms with van der Waals surface area (Å²) in [6, 6.07) is 22.3. The second-order valence-electron chi connectivity index (χ2n) is 15.9. The number of carbonyl (C=O) groups excluding carboxylic acids is 1. The number of aromatic amines is 1. The van der Waals surface area contributed by atoms with Crippen molar-refractivity contribution in [2.75, 3.05) is 62.7 Å². The van der Waals surface area contributed by atoms with E-state index in [4.69, 9.17) is 21.1 Å². The molecule has 2 fully saturated rings. The third-order valence-electron chi connectivity index (χ3n) is 11.9. The van der Waals surface area contributed by atoms with Gasteiger partial charge in [0.05, 0.1) is 16.7 Å². The van der Waals surface area contributed by atoms with E-state index in [0.29, 0.717) is 29.2 Å². The molecule has 3 aliphatic rings. The Morgan fingerprint density at radius 3 is 2.55 bits per heavy atom. The summed E-state index contributed by atoms with van der Waals surface area (Å²) in [5.41, 5.74) is 6.12. The van der Waals surface area contributed by atoms with E-state index in [1.807, 2.05) is 43.3 Å². The Morgan fingerprint density at radius 1 is 0.983 bits per heavy atom. The highest BCUT2D eigenvalue weighted by Gasteiger charge is 2.30. The minimum Gasteiger partial charge on any atom is -0.455 e. The topological polar surface area (TPSA) is 129 Å². The molecule has 13 heteroatoms. The number of halogens is 1. The summed E-state index contributed by atoms with van der Waals surface area (Å²) < 4.78 is 41.4. The number of aryl methyl sites for hydroxylation is 1. The summed E-state index contributed by atoms with van der Waals surface area (Å²) in [5.74, 6) is 1.35. The number of nitrogens with zero attached hydrogens (tertiary/aromatic N) is 3. The molecule has 3 aromatic carbocycles. The number of ether oxygens (including phenoxy) is 2. The lowest BCUT2D eigenvalue weighted by atomic mass is 9.75. The molecule has 0 bridgehead atoms. The molecule has 2 saturated heterocycles. The van der Waals surface area contributed by atoms with Gasteiger partial charge in [-0.15, -0.1) is 0 Å². The molecule has 58 heavy (non-hydrogen) atoms. The minimum atomic E-state index is -4.21. The van der Waals surface area contributed by atoms with E-state index < -0.39 is 15.9 Å². The molecule has 0 unspecified atom stereocenters. The number of H-pyrrole nitrogens is 1.